The first-order valence-electron chi connectivity index (χ1n) is 10.8. The first-order chi connectivity index (χ1) is 15.3. The Morgan fingerprint density at radius 3 is 2.62 bits per heavy atom. The summed E-state index contributed by atoms with van der Waals surface area (Å²) in [5, 5.41) is 2.84. The maximum atomic E-state index is 13.4. The van der Waals surface area contributed by atoms with E-state index in [9.17, 15) is 14.4 Å². The van der Waals surface area contributed by atoms with E-state index >= 15 is 0 Å². The molecule has 3 aromatic rings. The predicted molar refractivity (Wildman–Crippen MR) is 126 cm³/mol. The van der Waals surface area contributed by atoms with E-state index in [1.54, 1.807) is 56.0 Å². The van der Waals surface area contributed by atoms with E-state index < -0.39 is 5.91 Å². The smallest absolute Gasteiger partial charge is 0.268 e. The number of fused-ring (bicyclic) bond motifs is 1. The average Bonchev–Trinajstić information content (AvgIpc) is 3.23. The molecule has 1 aliphatic rings. The fraction of sp³-hybridized carbons (Fsp3) is 0.269. The lowest BCUT2D eigenvalue weighted by Crippen LogP contribution is -2.30. The minimum Gasteiger partial charge on any atom is -0.349 e. The number of anilines is 1. The Labute approximate surface area is 187 Å². The molecular formula is C26H27N3O3. The van der Waals surface area contributed by atoms with Gasteiger partial charge in [-0.15, -0.1) is 0 Å². The van der Waals surface area contributed by atoms with Crippen LogP contribution in [0.2, 0.25) is 0 Å². The van der Waals surface area contributed by atoms with Crippen LogP contribution in [0.15, 0.2) is 59.5 Å². The Morgan fingerprint density at radius 1 is 1.06 bits per heavy atom. The van der Waals surface area contributed by atoms with Gasteiger partial charge in [0, 0.05) is 26.0 Å². The quantitative estimate of drug-likeness (QED) is 0.675. The van der Waals surface area contributed by atoms with Crippen LogP contribution in [0.25, 0.3) is 5.69 Å². The molecule has 0 fully saturated rings. The zero-order chi connectivity index (χ0) is 22.8. The van der Waals surface area contributed by atoms with Gasteiger partial charge in [-0.3, -0.25) is 19.0 Å². The van der Waals surface area contributed by atoms with Crippen LogP contribution >= 0.6 is 0 Å². The minimum atomic E-state index is -0.453. The molecule has 1 N–H and O–H groups in total. The van der Waals surface area contributed by atoms with Crippen molar-refractivity contribution in [2.75, 3.05) is 19.4 Å². The summed E-state index contributed by atoms with van der Waals surface area (Å²) in [7, 11) is 3.42. The largest absolute Gasteiger partial charge is 0.349 e. The zero-order valence-corrected chi connectivity index (χ0v) is 18.6. The molecule has 6 heteroatoms. The number of pyridine rings is 1. The van der Waals surface area contributed by atoms with Crippen molar-refractivity contribution in [2.45, 2.75) is 32.6 Å². The number of aryl methyl sites for hydroxylation is 2. The monoisotopic (exact) mass is 429 g/mol. The molecule has 6 nitrogen and oxygen atoms in total. The number of hydrogen-bond acceptors (Lipinski definition) is 3. The first kappa shape index (κ1) is 21.6. The number of amides is 2. The van der Waals surface area contributed by atoms with Crippen LogP contribution < -0.4 is 10.9 Å². The molecule has 2 amide bonds. The van der Waals surface area contributed by atoms with E-state index in [0.717, 1.165) is 30.5 Å². The number of likely N-dealkylation sites (N-methyl/N-ethyl adjacent to an activating group) is 1. The maximum absolute atomic E-state index is 13.4. The summed E-state index contributed by atoms with van der Waals surface area (Å²) in [6, 6.07) is 15.0. The molecule has 0 aliphatic heterocycles. The Morgan fingerprint density at radius 2 is 1.84 bits per heavy atom. The standard InChI is InChI=1S/C26H27N3O3/c1-17-13-14-29(22-12-6-9-19-8-5-11-21(19)22)26(32)24(17)25(31)27-20-10-4-7-18(15-20)16-23(30)28(2)3/h4,6-7,9-10,12-15H,5,8,11,16H2,1-3H3,(H,27,31). The van der Waals surface area contributed by atoms with Crippen molar-refractivity contribution < 1.29 is 9.59 Å². The van der Waals surface area contributed by atoms with Gasteiger partial charge in [-0.1, -0.05) is 24.3 Å². The third kappa shape index (κ3) is 4.21. The molecule has 32 heavy (non-hydrogen) atoms. The number of hydrogen-bond donors (Lipinski definition) is 1. The van der Waals surface area contributed by atoms with E-state index in [0.29, 0.717) is 11.3 Å². The van der Waals surface area contributed by atoms with Crippen molar-refractivity contribution in [1.29, 1.82) is 0 Å². The van der Waals surface area contributed by atoms with Crippen molar-refractivity contribution in [3.8, 4) is 5.69 Å². The fourth-order valence-electron chi connectivity index (χ4n) is 4.20. The van der Waals surface area contributed by atoms with Crippen LogP contribution in [0.5, 0.6) is 0 Å². The molecule has 0 saturated carbocycles. The number of rotatable bonds is 5. The van der Waals surface area contributed by atoms with Crippen LogP contribution in [-0.2, 0) is 24.1 Å². The van der Waals surface area contributed by atoms with Gasteiger partial charge in [0.05, 0.1) is 12.1 Å². The van der Waals surface area contributed by atoms with E-state index in [-0.39, 0.29) is 23.5 Å². The Kier molecular flexibility index (Phi) is 5.95. The summed E-state index contributed by atoms with van der Waals surface area (Å²) in [6.45, 7) is 1.77. The van der Waals surface area contributed by atoms with Gasteiger partial charge in [0.15, 0.2) is 0 Å². The molecule has 0 bridgehead atoms. The summed E-state index contributed by atoms with van der Waals surface area (Å²) in [4.78, 5) is 40.0. The lowest BCUT2D eigenvalue weighted by molar-refractivity contribution is -0.127. The molecule has 164 valence electrons. The number of nitrogens with zero attached hydrogens (tertiary/aromatic N) is 2. The van der Waals surface area contributed by atoms with E-state index in [1.165, 1.54) is 16.0 Å². The predicted octanol–water partition coefficient (Wildman–Crippen LogP) is 3.52. The molecule has 4 rings (SSSR count). The van der Waals surface area contributed by atoms with Crippen molar-refractivity contribution in [1.82, 2.24) is 9.47 Å². The normalized spacial score (nSPS) is 12.3. The molecular weight excluding hydrogens is 402 g/mol. The van der Waals surface area contributed by atoms with Gasteiger partial charge in [0.1, 0.15) is 5.56 Å². The van der Waals surface area contributed by atoms with E-state index in [4.69, 9.17) is 0 Å². The van der Waals surface area contributed by atoms with Crippen molar-refractivity contribution in [3.05, 3.63) is 92.9 Å². The molecule has 0 spiro atoms. The second-order valence-corrected chi connectivity index (χ2v) is 8.44. The van der Waals surface area contributed by atoms with Gasteiger partial charge in [0.2, 0.25) is 5.91 Å². The highest BCUT2D eigenvalue weighted by Crippen LogP contribution is 2.27. The fourth-order valence-corrected chi connectivity index (χ4v) is 4.20. The van der Waals surface area contributed by atoms with Crippen molar-refractivity contribution in [3.63, 3.8) is 0 Å². The number of benzene rings is 2. The SMILES string of the molecule is Cc1ccn(-c2cccc3c2CCC3)c(=O)c1C(=O)Nc1cccc(CC(=O)N(C)C)c1. The third-order valence-corrected chi connectivity index (χ3v) is 5.95. The summed E-state index contributed by atoms with van der Waals surface area (Å²) in [5.74, 6) is -0.476. The average molecular weight is 430 g/mol. The Balaban J connectivity index is 1.65. The van der Waals surface area contributed by atoms with Crippen LogP contribution in [0.4, 0.5) is 5.69 Å². The molecule has 1 heterocycles. The lowest BCUT2D eigenvalue weighted by Gasteiger charge is -2.15. The summed E-state index contributed by atoms with van der Waals surface area (Å²) < 4.78 is 1.58. The highest BCUT2D eigenvalue weighted by Gasteiger charge is 2.20. The van der Waals surface area contributed by atoms with Gasteiger partial charge in [0.25, 0.3) is 11.5 Å². The second-order valence-electron chi connectivity index (χ2n) is 8.44. The summed E-state index contributed by atoms with van der Waals surface area (Å²) in [6.07, 6.45) is 5.02. The van der Waals surface area contributed by atoms with E-state index in [2.05, 4.69) is 11.4 Å². The second kappa shape index (κ2) is 8.83. The lowest BCUT2D eigenvalue weighted by atomic mass is 10.1. The molecule has 1 aromatic heterocycles. The number of nitrogens with one attached hydrogen (secondary N) is 1. The zero-order valence-electron chi connectivity index (χ0n) is 18.6. The van der Waals surface area contributed by atoms with Crippen molar-refractivity contribution >= 4 is 17.5 Å². The Bertz CT molecular complexity index is 1260. The van der Waals surface area contributed by atoms with E-state index in [1.807, 2.05) is 18.2 Å². The Hall–Kier alpha value is -3.67. The van der Waals surface area contributed by atoms with Crippen molar-refractivity contribution in [2.24, 2.45) is 0 Å². The number of carbonyl (C=O) groups is 2. The minimum absolute atomic E-state index is 0.0225. The first-order valence-corrected chi connectivity index (χ1v) is 10.8. The summed E-state index contributed by atoms with van der Waals surface area (Å²) in [5.41, 5.74) is 5.06. The number of aromatic nitrogens is 1. The van der Waals surface area contributed by atoms with Crippen LogP contribution in [0, 0.1) is 6.92 Å². The molecule has 0 atom stereocenters. The molecule has 1 aliphatic carbocycles. The van der Waals surface area contributed by atoms with Gasteiger partial charge in [-0.05, 0) is 72.7 Å². The highest BCUT2D eigenvalue weighted by atomic mass is 16.2. The van der Waals surface area contributed by atoms with Crippen LogP contribution in [-0.4, -0.2) is 35.4 Å². The van der Waals surface area contributed by atoms with Crippen LogP contribution in [0.3, 0.4) is 0 Å². The maximum Gasteiger partial charge on any atom is 0.268 e. The van der Waals surface area contributed by atoms with Gasteiger partial charge in [-0.2, -0.15) is 0 Å². The van der Waals surface area contributed by atoms with Crippen LogP contribution in [0.1, 0.15) is 39.0 Å². The van der Waals surface area contributed by atoms with Gasteiger partial charge in [-0.25, -0.2) is 0 Å². The molecule has 0 radical (unpaired) electrons. The van der Waals surface area contributed by atoms with Gasteiger partial charge >= 0.3 is 0 Å². The highest BCUT2D eigenvalue weighted by molar-refractivity contribution is 6.05. The molecule has 0 unspecified atom stereocenters. The molecule has 2 aromatic carbocycles. The number of carbonyl (C=O) groups excluding carboxylic acids is 2. The topological polar surface area (TPSA) is 71.4 Å². The van der Waals surface area contributed by atoms with Gasteiger partial charge < -0.3 is 10.2 Å². The molecule has 0 saturated heterocycles. The summed E-state index contributed by atoms with van der Waals surface area (Å²) >= 11 is 0. The third-order valence-electron chi connectivity index (χ3n) is 5.95.